The summed E-state index contributed by atoms with van der Waals surface area (Å²) in [6, 6.07) is 0.956. The summed E-state index contributed by atoms with van der Waals surface area (Å²) in [6.45, 7) is 12.9. The van der Waals surface area contributed by atoms with Gasteiger partial charge < -0.3 is 15.1 Å². The Morgan fingerprint density at radius 2 is 1.80 bits per heavy atom. The summed E-state index contributed by atoms with van der Waals surface area (Å²) >= 11 is 0. The second-order valence-electron chi connectivity index (χ2n) is 7.54. The van der Waals surface area contributed by atoms with Gasteiger partial charge in [0.05, 0.1) is 6.54 Å². The molecule has 1 saturated carbocycles. The molecule has 5 heteroatoms. The molecule has 0 amide bonds. The highest BCUT2D eigenvalue weighted by Crippen LogP contribution is 2.46. The molecule has 0 aliphatic heterocycles. The number of nitrogens with one attached hydrogen (secondary N) is 2. The summed E-state index contributed by atoms with van der Waals surface area (Å²) in [6.07, 6.45) is 3.54. The SMILES string of the molecule is CCNCc1nnc(NC2CC(C)(C)CC(C)(C)C2)o1. The third-order valence-corrected chi connectivity index (χ3v) is 3.88. The van der Waals surface area contributed by atoms with Crippen molar-refractivity contribution < 1.29 is 4.42 Å². The Kier molecular flexibility index (Phi) is 4.37. The van der Waals surface area contributed by atoms with E-state index in [9.17, 15) is 0 Å². The third-order valence-electron chi connectivity index (χ3n) is 3.88. The minimum atomic E-state index is 0.353. The first kappa shape index (κ1) is 15.3. The molecular formula is C15H28N4O. The number of nitrogens with zero attached hydrogens (tertiary/aromatic N) is 2. The number of hydrogen-bond acceptors (Lipinski definition) is 5. The van der Waals surface area contributed by atoms with Crippen molar-refractivity contribution in [3.8, 4) is 0 Å². The molecule has 1 aliphatic rings. The Morgan fingerprint density at radius 3 is 2.40 bits per heavy atom. The maximum Gasteiger partial charge on any atom is 0.315 e. The molecule has 2 N–H and O–H groups in total. The van der Waals surface area contributed by atoms with Gasteiger partial charge in [-0.2, -0.15) is 0 Å². The van der Waals surface area contributed by atoms with Crippen LogP contribution >= 0.6 is 0 Å². The van der Waals surface area contributed by atoms with Crippen LogP contribution in [0.5, 0.6) is 0 Å². The van der Waals surface area contributed by atoms with Crippen molar-refractivity contribution in [3.63, 3.8) is 0 Å². The summed E-state index contributed by atoms with van der Waals surface area (Å²) in [5.41, 5.74) is 0.706. The Hall–Kier alpha value is -1.10. The first-order chi connectivity index (χ1) is 9.30. The number of hydrogen-bond donors (Lipinski definition) is 2. The van der Waals surface area contributed by atoms with E-state index in [1.54, 1.807) is 0 Å². The van der Waals surface area contributed by atoms with Crippen LogP contribution in [0.15, 0.2) is 4.42 Å². The van der Waals surface area contributed by atoms with Crippen molar-refractivity contribution in [2.24, 2.45) is 10.8 Å². The monoisotopic (exact) mass is 280 g/mol. The molecule has 0 radical (unpaired) electrons. The highest BCUT2D eigenvalue weighted by molar-refractivity contribution is 5.21. The molecule has 0 saturated heterocycles. The molecule has 1 heterocycles. The maximum atomic E-state index is 5.63. The second-order valence-corrected chi connectivity index (χ2v) is 7.54. The zero-order valence-electron chi connectivity index (χ0n) is 13.4. The number of aromatic nitrogens is 2. The van der Waals surface area contributed by atoms with Gasteiger partial charge in [-0.05, 0) is 36.6 Å². The van der Waals surface area contributed by atoms with E-state index in [-0.39, 0.29) is 0 Å². The first-order valence-corrected chi connectivity index (χ1v) is 7.59. The Bertz CT molecular complexity index is 423. The lowest BCUT2D eigenvalue weighted by molar-refractivity contribution is 0.104. The molecule has 0 bridgehead atoms. The number of rotatable bonds is 5. The summed E-state index contributed by atoms with van der Waals surface area (Å²) in [7, 11) is 0. The fourth-order valence-corrected chi connectivity index (χ4v) is 3.74. The van der Waals surface area contributed by atoms with Crippen LogP contribution in [0, 0.1) is 10.8 Å². The van der Waals surface area contributed by atoms with Gasteiger partial charge in [0.2, 0.25) is 5.89 Å². The van der Waals surface area contributed by atoms with E-state index < -0.39 is 0 Å². The molecule has 1 aliphatic carbocycles. The first-order valence-electron chi connectivity index (χ1n) is 7.59. The van der Waals surface area contributed by atoms with Gasteiger partial charge in [0.25, 0.3) is 0 Å². The van der Waals surface area contributed by atoms with E-state index >= 15 is 0 Å². The molecule has 0 spiro atoms. The van der Waals surface area contributed by atoms with Gasteiger partial charge in [0.15, 0.2) is 0 Å². The third kappa shape index (κ3) is 4.20. The van der Waals surface area contributed by atoms with Crippen LogP contribution in [0.4, 0.5) is 6.01 Å². The molecule has 0 unspecified atom stereocenters. The molecular weight excluding hydrogens is 252 g/mol. The minimum Gasteiger partial charge on any atom is -0.407 e. The van der Waals surface area contributed by atoms with Crippen molar-refractivity contribution in [2.45, 2.75) is 66.5 Å². The van der Waals surface area contributed by atoms with Crippen LogP contribution in [0.1, 0.15) is 59.8 Å². The van der Waals surface area contributed by atoms with Gasteiger partial charge in [0.1, 0.15) is 0 Å². The highest BCUT2D eigenvalue weighted by Gasteiger charge is 2.38. The van der Waals surface area contributed by atoms with Crippen LogP contribution in [-0.4, -0.2) is 22.8 Å². The van der Waals surface area contributed by atoms with Crippen molar-refractivity contribution in [1.82, 2.24) is 15.5 Å². The molecule has 5 nitrogen and oxygen atoms in total. The summed E-state index contributed by atoms with van der Waals surface area (Å²) in [4.78, 5) is 0. The van der Waals surface area contributed by atoms with Gasteiger partial charge in [0, 0.05) is 6.04 Å². The average Bonchev–Trinajstić information content (AvgIpc) is 2.69. The zero-order chi connectivity index (χ0) is 14.8. The topological polar surface area (TPSA) is 63.0 Å². The lowest BCUT2D eigenvalue weighted by Crippen LogP contribution is -2.40. The number of anilines is 1. The van der Waals surface area contributed by atoms with Gasteiger partial charge in [-0.15, -0.1) is 5.10 Å². The summed E-state index contributed by atoms with van der Waals surface area (Å²) in [5.74, 6) is 0.642. The fourth-order valence-electron chi connectivity index (χ4n) is 3.74. The van der Waals surface area contributed by atoms with Gasteiger partial charge in [-0.25, -0.2) is 0 Å². The lowest BCUT2D eigenvalue weighted by Gasteiger charge is -2.44. The van der Waals surface area contributed by atoms with Crippen molar-refractivity contribution in [3.05, 3.63) is 5.89 Å². The van der Waals surface area contributed by atoms with Crippen LogP contribution in [0.3, 0.4) is 0 Å². The standard InChI is InChI=1S/C15H28N4O/c1-6-16-9-12-18-19-13(20-12)17-11-7-14(2,3)10-15(4,5)8-11/h11,16H,6-10H2,1-5H3,(H,17,19). The zero-order valence-corrected chi connectivity index (χ0v) is 13.4. The van der Waals surface area contributed by atoms with E-state index in [1.165, 1.54) is 6.42 Å². The summed E-state index contributed by atoms with van der Waals surface area (Å²) in [5, 5.41) is 14.7. The van der Waals surface area contributed by atoms with E-state index in [0.29, 0.717) is 35.3 Å². The van der Waals surface area contributed by atoms with Crippen molar-refractivity contribution >= 4 is 6.01 Å². The van der Waals surface area contributed by atoms with Crippen LogP contribution < -0.4 is 10.6 Å². The normalized spacial score (nSPS) is 21.9. The Morgan fingerprint density at radius 1 is 1.15 bits per heavy atom. The van der Waals surface area contributed by atoms with Gasteiger partial charge in [-0.1, -0.05) is 39.7 Å². The lowest BCUT2D eigenvalue weighted by atomic mass is 9.63. The second kappa shape index (κ2) is 5.72. The van der Waals surface area contributed by atoms with E-state index in [1.807, 2.05) is 0 Å². The summed E-state index contributed by atoms with van der Waals surface area (Å²) < 4.78 is 5.63. The molecule has 0 atom stereocenters. The Labute approximate surface area is 121 Å². The maximum absolute atomic E-state index is 5.63. The fraction of sp³-hybridized carbons (Fsp3) is 0.867. The van der Waals surface area contributed by atoms with Crippen LogP contribution in [-0.2, 0) is 6.54 Å². The van der Waals surface area contributed by atoms with E-state index in [2.05, 4.69) is 55.4 Å². The minimum absolute atomic E-state index is 0.353. The van der Waals surface area contributed by atoms with E-state index in [4.69, 9.17) is 4.42 Å². The molecule has 1 aromatic rings. The molecule has 1 aromatic heterocycles. The molecule has 1 fully saturated rings. The van der Waals surface area contributed by atoms with Gasteiger partial charge in [-0.3, -0.25) is 0 Å². The van der Waals surface area contributed by atoms with E-state index in [0.717, 1.165) is 19.4 Å². The Balaban J connectivity index is 1.97. The smallest absolute Gasteiger partial charge is 0.315 e. The van der Waals surface area contributed by atoms with Crippen molar-refractivity contribution in [2.75, 3.05) is 11.9 Å². The van der Waals surface area contributed by atoms with Crippen LogP contribution in [0.25, 0.3) is 0 Å². The van der Waals surface area contributed by atoms with Gasteiger partial charge >= 0.3 is 6.01 Å². The quantitative estimate of drug-likeness (QED) is 0.867. The van der Waals surface area contributed by atoms with Crippen LogP contribution in [0.2, 0.25) is 0 Å². The predicted molar refractivity (Wildman–Crippen MR) is 80.5 cm³/mol. The molecule has 20 heavy (non-hydrogen) atoms. The predicted octanol–water partition coefficient (Wildman–Crippen LogP) is 3.20. The van der Waals surface area contributed by atoms with Crippen molar-refractivity contribution in [1.29, 1.82) is 0 Å². The molecule has 0 aromatic carbocycles. The highest BCUT2D eigenvalue weighted by atomic mass is 16.4. The largest absolute Gasteiger partial charge is 0.407 e. The molecule has 114 valence electrons. The molecule has 2 rings (SSSR count). The average molecular weight is 280 g/mol.